The molecule has 32 heavy (non-hydrogen) atoms. The Kier molecular flexibility index (Phi) is 7.82. The van der Waals surface area contributed by atoms with E-state index in [1.54, 1.807) is 56.6 Å². The highest BCUT2D eigenvalue weighted by atomic mass is 35.5. The first-order valence-corrected chi connectivity index (χ1v) is 11.4. The van der Waals surface area contributed by atoms with Crippen LogP contribution >= 0.6 is 35.0 Å². The standard InChI is InChI=1S/C22H22Cl2N4O3S/c1-13-8-9-14(10-16(13)24)25-19(29)11-18-21(31)28(12-20(30)27(2)3)22(32-18)26-17-7-5-4-6-15(17)23/h4-10,18H,11-12H2,1-3H3,(H,25,29). The highest BCUT2D eigenvalue weighted by molar-refractivity contribution is 8.15. The molecule has 1 fully saturated rings. The van der Waals surface area contributed by atoms with Crippen molar-refractivity contribution in [3.63, 3.8) is 0 Å². The van der Waals surface area contributed by atoms with E-state index < -0.39 is 5.25 Å². The smallest absolute Gasteiger partial charge is 0.243 e. The van der Waals surface area contributed by atoms with Crippen molar-refractivity contribution in [2.45, 2.75) is 18.6 Å². The molecule has 1 aliphatic heterocycles. The average molecular weight is 493 g/mol. The number of amidine groups is 1. The van der Waals surface area contributed by atoms with Crippen LogP contribution in [0.2, 0.25) is 10.0 Å². The summed E-state index contributed by atoms with van der Waals surface area (Å²) < 4.78 is 0. The Labute approximate surface area is 200 Å². The number of thioether (sulfide) groups is 1. The lowest BCUT2D eigenvalue weighted by atomic mass is 10.2. The molecule has 1 atom stereocenters. The molecule has 3 rings (SSSR count). The van der Waals surface area contributed by atoms with Crippen LogP contribution in [0.15, 0.2) is 47.5 Å². The van der Waals surface area contributed by atoms with Crippen LogP contribution in [0.1, 0.15) is 12.0 Å². The second kappa shape index (κ2) is 10.4. The molecule has 0 spiro atoms. The molecule has 1 unspecified atom stereocenters. The number of halogens is 2. The number of anilines is 1. The summed E-state index contributed by atoms with van der Waals surface area (Å²) in [5, 5.41) is 3.33. The summed E-state index contributed by atoms with van der Waals surface area (Å²) in [5.74, 6) is -0.952. The van der Waals surface area contributed by atoms with Crippen LogP contribution in [0.25, 0.3) is 0 Å². The van der Waals surface area contributed by atoms with Gasteiger partial charge in [-0.1, -0.05) is 53.2 Å². The maximum atomic E-state index is 13.1. The zero-order valence-corrected chi connectivity index (χ0v) is 20.1. The van der Waals surface area contributed by atoms with E-state index in [1.807, 2.05) is 6.92 Å². The fraction of sp³-hybridized carbons (Fsp3) is 0.273. The van der Waals surface area contributed by atoms with Gasteiger partial charge in [0.2, 0.25) is 17.7 Å². The van der Waals surface area contributed by atoms with Crippen LogP contribution < -0.4 is 5.32 Å². The van der Waals surface area contributed by atoms with Gasteiger partial charge in [-0.2, -0.15) is 0 Å². The Hall–Kier alpha value is -2.55. The van der Waals surface area contributed by atoms with Crippen molar-refractivity contribution in [3.8, 4) is 0 Å². The van der Waals surface area contributed by atoms with E-state index in [0.717, 1.165) is 17.3 Å². The molecule has 0 bridgehead atoms. The third kappa shape index (κ3) is 5.82. The topological polar surface area (TPSA) is 82.1 Å². The number of nitrogens with one attached hydrogen (secondary N) is 1. The van der Waals surface area contributed by atoms with Crippen molar-refractivity contribution in [3.05, 3.63) is 58.1 Å². The first-order valence-electron chi connectivity index (χ1n) is 9.73. The normalized spacial score (nSPS) is 17.0. The first-order chi connectivity index (χ1) is 15.2. The molecule has 1 aliphatic rings. The second-order valence-electron chi connectivity index (χ2n) is 7.38. The van der Waals surface area contributed by atoms with Gasteiger partial charge >= 0.3 is 0 Å². The molecule has 0 aliphatic carbocycles. The fourth-order valence-electron chi connectivity index (χ4n) is 2.84. The Morgan fingerprint density at radius 1 is 1.16 bits per heavy atom. The summed E-state index contributed by atoms with van der Waals surface area (Å²) in [4.78, 5) is 45.1. The largest absolute Gasteiger partial charge is 0.347 e. The molecule has 0 aromatic heterocycles. The van der Waals surface area contributed by atoms with E-state index in [0.29, 0.717) is 26.6 Å². The van der Waals surface area contributed by atoms with Crippen LogP contribution in [0.5, 0.6) is 0 Å². The van der Waals surface area contributed by atoms with E-state index in [2.05, 4.69) is 10.3 Å². The molecule has 1 N–H and O–H groups in total. The number of amides is 3. The van der Waals surface area contributed by atoms with Gasteiger partial charge in [-0.05, 0) is 36.8 Å². The molecule has 2 aromatic rings. The van der Waals surface area contributed by atoms with Gasteiger partial charge < -0.3 is 10.2 Å². The highest BCUT2D eigenvalue weighted by Gasteiger charge is 2.40. The maximum Gasteiger partial charge on any atom is 0.243 e. The van der Waals surface area contributed by atoms with Crippen molar-refractivity contribution in [2.24, 2.45) is 4.99 Å². The number of aryl methyl sites for hydroxylation is 1. The predicted molar refractivity (Wildman–Crippen MR) is 130 cm³/mol. The second-order valence-corrected chi connectivity index (χ2v) is 9.37. The summed E-state index contributed by atoms with van der Waals surface area (Å²) in [6, 6.07) is 12.2. The van der Waals surface area contributed by atoms with Gasteiger partial charge in [0.1, 0.15) is 11.8 Å². The zero-order valence-electron chi connectivity index (χ0n) is 17.8. The number of aliphatic imine (C=N–C) groups is 1. The lowest BCUT2D eigenvalue weighted by Crippen LogP contribution is -2.41. The predicted octanol–water partition coefficient (Wildman–Crippen LogP) is 4.35. The average Bonchev–Trinajstić information content (AvgIpc) is 3.01. The molecule has 0 radical (unpaired) electrons. The quantitative estimate of drug-likeness (QED) is 0.649. The van der Waals surface area contributed by atoms with Crippen LogP contribution in [0.3, 0.4) is 0 Å². The number of carbonyl (C=O) groups excluding carboxylic acids is 3. The number of benzene rings is 2. The number of hydrogen-bond donors (Lipinski definition) is 1. The van der Waals surface area contributed by atoms with Gasteiger partial charge in [0.05, 0.1) is 10.7 Å². The van der Waals surface area contributed by atoms with Gasteiger partial charge in [0, 0.05) is 31.2 Å². The lowest BCUT2D eigenvalue weighted by Gasteiger charge is -2.18. The number of likely N-dealkylation sites (N-methyl/N-ethyl adjacent to an activating group) is 1. The van der Waals surface area contributed by atoms with E-state index in [1.165, 1.54) is 9.80 Å². The van der Waals surface area contributed by atoms with Gasteiger partial charge in [-0.15, -0.1) is 0 Å². The maximum absolute atomic E-state index is 13.1. The number of rotatable bonds is 6. The summed E-state index contributed by atoms with van der Waals surface area (Å²) in [6.45, 7) is 1.69. The Bertz CT molecular complexity index is 1090. The zero-order chi connectivity index (χ0) is 23.4. The van der Waals surface area contributed by atoms with Gasteiger partial charge in [-0.3, -0.25) is 19.3 Å². The number of carbonyl (C=O) groups is 3. The molecule has 0 saturated carbocycles. The molecule has 168 valence electrons. The molecule has 3 amide bonds. The third-order valence-corrected chi connectivity index (χ3v) is 6.61. The van der Waals surface area contributed by atoms with Crippen molar-refractivity contribution in [2.75, 3.05) is 26.0 Å². The SMILES string of the molecule is Cc1ccc(NC(=O)CC2SC(=Nc3ccccc3Cl)N(CC(=O)N(C)C)C2=O)cc1Cl. The minimum Gasteiger partial charge on any atom is -0.347 e. The van der Waals surface area contributed by atoms with Gasteiger partial charge in [-0.25, -0.2) is 4.99 Å². The fourth-order valence-corrected chi connectivity index (χ4v) is 4.35. The monoisotopic (exact) mass is 492 g/mol. The molecule has 2 aromatic carbocycles. The van der Waals surface area contributed by atoms with E-state index in [4.69, 9.17) is 23.2 Å². The van der Waals surface area contributed by atoms with Gasteiger partial charge in [0.25, 0.3) is 0 Å². The lowest BCUT2D eigenvalue weighted by molar-refractivity contribution is -0.135. The summed E-state index contributed by atoms with van der Waals surface area (Å²) in [5.41, 5.74) is 1.92. The van der Waals surface area contributed by atoms with Crippen LogP contribution in [0, 0.1) is 6.92 Å². The Balaban J connectivity index is 1.80. The van der Waals surface area contributed by atoms with Crippen LogP contribution in [-0.4, -0.2) is 58.6 Å². The molecule has 1 saturated heterocycles. The molecular formula is C22H22Cl2N4O3S. The molecular weight excluding hydrogens is 471 g/mol. The molecule has 10 heteroatoms. The summed E-state index contributed by atoms with van der Waals surface area (Å²) in [7, 11) is 3.22. The summed E-state index contributed by atoms with van der Waals surface area (Å²) in [6.07, 6.45) is -0.0802. The van der Waals surface area contributed by atoms with Crippen LogP contribution in [0.4, 0.5) is 11.4 Å². The van der Waals surface area contributed by atoms with Gasteiger partial charge in [0.15, 0.2) is 5.17 Å². The van der Waals surface area contributed by atoms with E-state index >= 15 is 0 Å². The Morgan fingerprint density at radius 2 is 1.88 bits per heavy atom. The number of hydrogen-bond acceptors (Lipinski definition) is 5. The van der Waals surface area contributed by atoms with Crippen molar-refractivity contribution < 1.29 is 14.4 Å². The molecule has 1 heterocycles. The van der Waals surface area contributed by atoms with Crippen LogP contribution in [-0.2, 0) is 14.4 Å². The Morgan fingerprint density at radius 3 is 2.53 bits per heavy atom. The van der Waals surface area contributed by atoms with E-state index in [9.17, 15) is 14.4 Å². The minimum absolute atomic E-state index is 0.0802. The summed E-state index contributed by atoms with van der Waals surface area (Å²) >= 11 is 13.5. The first kappa shape index (κ1) is 24.1. The highest BCUT2D eigenvalue weighted by Crippen LogP contribution is 2.34. The third-order valence-electron chi connectivity index (χ3n) is 4.71. The van der Waals surface area contributed by atoms with Crippen molar-refractivity contribution in [1.29, 1.82) is 0 Å². The number of para-hydroxylation sites is 1. The molecule has 7 nitrogen and oxygen atoms in total. The minimum atomic E-state index is -0.716. The van der Waals surface area contributed by atoms with E-state index in [-0.39, 0.29) is 30.7 Å². The van der Waals surface area contributed by atoms with Crippen molar-refractivity contribution >= 4 is 69.2 Å². The van der Waals surface area contributed by atoms with Crippen molar-refractivity contribution in [1.82, 2.24) is 9.80 Å². The number of nitrogens with zero attached hydrogens (tertiary/aromatic N) is 3.